The van der Waals surface area contributed by atoms with Gasteiger partial charge in [0.25, 0.3) is 0 Å². The van der Waals surface area contributed by atoms with E-state index in [1.165, 1.54) is 21.5 Å². The molecule has 4 heterocycles. The molecule has 0 N–H and O–H groups in total. The van der Waals surface area contributed by atoms with Crippen LogP contribution in [0.25, 0.3) is 168 Å². The molecule has 13 aromatic carbocycles. The van der Waals surface area contributed by atoms with Gasteiger partial charge in [0.05, 0.1) is 22.1 Å². The van der Waals surface area contributed by atoms with Gasteiger partial charge in [-0.1, -0.05) is 255 Å². The van der Waals surface area contributed by atoms with Crippen LogP contribution >= 0.6 is 0 Å². The van der Waals surface area contributed by atoms with E-state index >= 15 is 0 Å². The maximum atomic E-state index is 5.24. The van der Waals surface area contributed by atoms with Gasteiger partial charge in [-0.15, -0.1) is 0 Å². The largest absolute Gasteiger partial charge is 0.309 e. The molecule has 0 aliphatic rings. The predicted molar refractivity (Wildman–Crippen MR) is 376 cm³/mol. The first-order valence-corrected chi connectivity index (χ1v) is 30.9. The zero-order chi connectivity index (χ0) is 60.9. The van der Waals surface area contributed by atoms with Gasteiger partial charge in [0, 0.05) is 66.3 Å². The van der Waals surface area contributed by atoms with Gasteiger partial charge in [0.15, 0.2) is 34.9 Å². The number of benzene rings is 13. The average Bonchev–Trinajstić information content (AvgIpc) is 1.22. The molecule has 17 aromatic rings. The van der Waals surface area contributed by atoms with Crippen LogP contribution < -0.4 is 0 Å². The maximum Gasteiger partial charge on any atom is 0.164 e. The van der Waals surface area contributed by atoms with Crippen LogP contribution in [0.4, 0.5) is 0 Å². The van der Waals surface area contributed by atoms with Crippen molar-refractivity contribution >= 4 is 43.6 Å². The maximum absolute atomic E-state index is 5.24. The van der Waals surface area contributed by atoms with Gasteiger partial charge in [0.2, 0.25) is 0 Å². The van der Waals surface area contributed by atoms with Gasteiger partial charge >= 0.3 is 0 Å². The standard InChI is InChI=1S/C84H54N8/c1-5-25-55(26-6-1)79-85-80(56-27-7-2-8-28-56)88-83(87-79)63-37-21-33-59(49-63)71-53-74(62-36-24-40-66(52-62)92-77-47-19-15-43-69(77)70-44-16-20-48-78(70)92)72(54-73(71)61-35-23-39-65(51-61)91-75-45-17-13-41-67(75)68-42-14-18-46-76(68)91)60-34-22-38-64(50-60)84-89-81(57-29-9-3-10-30-57)86-82(90-84)58-31-11-4-12-32-58/h1-54H. The Hall–Kier alpha value is -12.5. The molecule has 0 spiro atoms. The summed E-state index contributed by atoms with van der Waals surface area (Å²) >= 11 is 0. The highest BCUT2D eigenvalue weighted by Gasteiger charge is 2.23. The molecular weight excluding hydrogens is 1120 g/mol. The number of hydrogen-bond acceptors (Lipinski definition) is 6. The molecule has 8 nitrogen and oxygen atoms in total. The Balaban J connectivity index is 0.924. The Bertz CT molecular complexity index is 5070. The van der Waals surface area contributed by atoms with Crippen molar-refractivity contribution in [3.8, 4) is 124 Å². The molecule has 0 unspecified atom stereocenters. The van der Waals surface area contributed by atoms with Crippen molar-refractivity contribution in [1.29, 1.82) is 0 Å². The first kappa shape index (κ1) is 53.7. The van der Waals surface area contributed by atoms with Crippen molar-refractivity contribution < 1.29 is 0 Å². The molecular formula is C84H54N8. The zero-order valence-electron chi connectivity index (χ0n) is 49.8. The number of fused-ring (bicyclic) bond motifs is 6. The molecule has 0 amide bonds. The van der Waals surface area contributed by atoms with E-state index in [0.29, 0.717) is 34.9 Å². The van der Waals surface area contributed by atoms with Gasteiger partial charge in [-0.3, -0.25) is 0 Å². The quantitative estimate of drug-likeness (QED) is 0.121. The summed E-state index contributed by atoms with van der Waals surface area (Å²) in [6, 6.07) is 116. The predicted octanol–water partition coefficient (Wildman–Crippen LogP) is 20.9. The molecule has 92 heavy (non-hydrogen) atoms. The van der Waals surface area contributed by atoms with E-state index in [9.17, 15) is 0 Å². The van der Waals surface area contributed by atoms with Crippen molar-refractivity contribution in [2.24, 2.45) is 0 Å². The average molecular weight is 1180 g/mol. The monoisotopic (exact) mass is 1170 g/mol. The summed E-state index contributed by atoms with van der Waals surface area (Å²) in [6.07, 6.45) is 0. The van der Waals surface area contributed by atoms with Gasteiger partial charge in [-0.05, 0) is 117 Å². The number of para-hydroxylation sites is 4. The highest BCUT2D eigenvalue weighted by Crippen LogP contribution is 2.46. The fraction of sp³-hybridized carbons (Fsp3) is 0. The summed E-state index contributed by atoms with van der Waals surface area (Å²) in [6.45, 7) is 0. The topological polar surface area (TPSA) is 87.2 Å². The summed E-state index contributed by atoms with van der Waals surface area (Å²) in [5, 5.41) is 4.81. The highest BCUT2D eigenvalue weighted by atomic mass is 15.0. The molecule has 17 rings (SSSR count). The lowest BCUT2D eigenvalue weighted by atomic mass is 9.85. The summed E-state index contributed by atoms with van der Waals surface area (Å²) in [5.74, 6) is 3.55. The van der Waals surface area contributed by atoms with E-state index in [1.807, 2.05) is 121 Å². The Kier molecular flexibility index (Phi) is 13.4. The van der Waals surface area contributed by atoms with Crippen molar-refractivity contribution in [2.75, 3.05) is 0 Å². The fourth-order valence-electron chi connectivity index (χ4n) is 13.1. The molecule has 0 aliphatic heterocycles. The number of hydrogen-bond donors (Lipinski definition) is 0. The molecule has 8 heteroatoms. The van der Waals surface area contributed by atoms with E-state index in [2.05, 4.69) is 215 Å². The van der Waals surface area contributed by atoms with Crippen LogP contribution in [0.5, 0.6) is 0 Å². The molecule has 0 fully saturated rings. The van der Waals surface area contributed by atoms with Crippen LogP contribution in [0.3, 0.4) is 0 Å². The molecule has 0 bridgehead atoms. The first-order chi connectivity index (χ1) is 45.6. The minimum Gasteiger partial charge on any atom is -0.309 e. The Morgan fingerprint density at radius 2 is 0.380 bits per heavy atom. The minimum absolute atomic E-state index is 0.575. The third kappa shape index (κ3) is 9.76. The Morgan fingerprint density at radius 1 is 0.163 bits per heavy atom. The lowest BCUT2D eigenvalue weighted by Crippen LogP contribution is -2.00. The van der Waals surface area contributed by atoms with Gasteiger partial charge in [0.1, 0.15) is 0 Å². The summed E-state index contributed by atoms with van der Waals surface area (Å²) < 4.78 is 4.79. The molecule has 4 aromatic heterocycles. The van der Waals surface area contributed by atoms with Crippen LogP contribution in [0.2, 0.25) is 0 Å². The fourth-order valence-corrected chi connectivity index (χ4v) is 13.1. The second-order valence-electron chi connectivity index (χ2n) is 23.0. The van der Waals surface area contributed by atoms with Crippen molar-refractivity contribution in [3.05, 3.63) is 328 Å². The molecule has 0 radical (unpaired) electrons. The summed E-state index contributed by atoms with van der Waals surface area (Å²) in [4.78, 5) is 31.1. The number of aromatic nitrogens is 8. The Morgan fingerprint density at radius 3 is 0.674 bits per heavy atom. The first-order valence-electron chi connectivity index (χ1n) is 30.9. The highest BCUT2D eigenvalue weighted by molar-refractivity contribution is 6.10. The van der Waals surface area contributed by atoms with Gasteiger partial charge < -0.3 is 9.13 Å². The van der Waals surface area contributed by atoms with E-state index < -0.39 is 0 Å². The van der Waals surface area contributed by atoms with E-state index in [-0.39, 0.29) is 0 Å². The van der Waals surface area contributed by atoms with E-state index in [1.54, 1.807) is 0 Å². The second-order valence-corrected chi connectivity index (χ2v) is 23.0. The molecule has 0 aliphatic carbocycles. The van der Waals surface area contributed by atoms with Gasteiger partial charge in [-0.25, -0.2) is 29.9 Å². The molecule has 0 saturated heterocycles. The SMILES string of the molecule is c1ccc(-c2nc(-c3ccccc3)nc(-c3cccc(-c4cc(-c5cccc(-n6c7ccccc7c7ccccc76)c5)c(-c5cccc(-c6nc(-c7ccccc7)nc(-c7ccccc7)n6)c5)cc4-c4cccc(-n5c6ccccc6c6ccccc65)c4)c3)n2)cc1. The molecule has 0 atom stereocenters. The third-order valence-corrected chi connectivity index (χ3v) is 17.4. The normalized spacial score (nSPS) is 11.5. The van der Waals surface area contributed by atoms with Crippen LogP contribution in [0.15, 0.2) is 328 Å². The lowest BCUT2D eigenvalue weighted by Gasteiger charge is -2.20. The van der Waals surface area contributed by atoms with Crippen LogP contribution in [-0.2, 0) is 0 Å². The van der Waals surface area contributed by atoms with Gasteiger partial charge in [-0.2, -0.15) is 0 Å². The number of rotatable bonds is 12. The van der Waals surface area contributed by atoms with Crippen LogP contribution in [-0.4, -0.2) is 39.0 Å². The smallest absolute Gasteiger partial charge is 0.164 e. The minimum atomic E-state index is 0.575. The third-order valence-electron chi connectivity index (χ3n) is 17.4. The summed E-state index contributed by atoms with van der Waals surface area (Å²) in [5.41, 5.74) is 20.2. The molecule has 430 valence electrons. The lowest BCUT2D eigenvalue weighted by molar-refractivity contribution is 1.07. The molecule has 0 saturated carbocycles. The van der Waals surface area contributed by atoms with E-state index in [4.69, 9.17) is 29.9 Å². The zero-order valence-corrected chi connectivity index (χ0v) is 49.8. The van der Waals surface area contributed by atoms with Crippen LogP contribution in [0.1, 0.15) is 0 Å². The van der Waals surface area contributed by atoms with Crippen molar-refractivity contribution in [2.45, 2.75) is 0 Å². The van der Waals surface area contributed by atoms with Crippen molar-refractivity contribution in [1.82, 2.24) is 39.0 Å². The Labute approximate surface area is 531 Å². The van der Waals surface area contributed by atoms with Crippen molar-refractivity contribution in [3.63, 3.8) is 0 Å². The van der Waals surface area contributed by atoms with E-state index in [0.717, 1.165) is 111 Å². The summed E-state index contributed by atoms with van der Waals surface area (Å²) in [7, 11) is 0. The second kappa shape index (κ2) is 22.9. The number of nitrogens with zero attached hydrogens (tertiary/aromatic N) is 8. The van der Waals surface area contributed by atoms with Crippen LogP contribution in [0, 0.1) is 0 Å².